The molecule has 0 spiro atoms. The maximum atomic E-state index is 13.1. The van der Waals surface area contributed by atoms with Gasteiger partial charge in [0.05, 0.1) is 25.4 Å². The molecular weight excluding hydrogens is 402 g/mol. The lowest BCUT2D eigenvalue weighted by molar-refractivity contribution is 0.102. The van der Waals surface area contributed by atoms with Crippen molar-refractivity contribution < 1.29 is 19.0 Å². The van der Waals surface area contributed by atoms with Gasteiger partial charge in [-0.1, -0.05) is 0 Å². The van der Waals surface area contributed by atoms with E-state index in [1.54, 1.807) is 12.1 Å². The molecule has 3 rings (SSSR count). The molecule has 2 heterocycles. The molecule has 0 saturated heterocycles. The maximum absolute atomic E-state index is 13.1. The molecule has 0 fully saturated rings. The lowest BCUT2D eigenvalue weighted by atomic mass is 10.0. The molecule has 1 aromatic carbocycles. The topological polar surface area (TPSA) is 83.8 Å². The minimum Gasteiger partial charge on any atom is -0.490 e. The van der Waals surface area contributed by atoms with Gasteiger partial charge in [0.25, 0.3) is 5.91 Å². The van der Waals surface area contributed by atoms with Gasteiger partial charge < -0.3 is 24.4 Å². The Bertz CT molecular complexity index is 937. The standard InChI is InChI=1S/C22H27N3O4S/c1-5-27-17-10-14(11-18(28-6-2)20(17)29-7-3)21(26)24-22-16(12-23)15-8-9-25(4)13-19(15)30-22/h10-11H,5-9,13H2,1-4H3,(H,24,26). The Morgan fingerprint density at radius 2 is 1.80 bits per heavy atom. The Morgan fingerprint density at radius 1 is 1.17 bits per heavy atom. The Balaban J connectivity index is 1.94. The Kier molecular flexibility index (Phi) is 7.19. The number of fused-ring (bicyclic) bond motifs is 1. The van der Waals surface area contributed by atoms with E-state index in [9.17, 15) is 10.1 Å². The van der Waals surface area contributed by atoms with Crippen molar-refractivity contribution in [3.05, 3.63) is 33.7 Å². The summed E-state index contributed by atoms with van der Waals surface area (Å²) in [5, 5.41) is 13.2. The summed E-state index contributed by atoms with van der Waals surface area (Å²) in [6.07, 6.45) is 0.813. The number of hydrogen-bond acceptors (Lipinski definition) is 7. The van der Waals surface area contributed by atoms with Gasteiger partial charge in [0.15, 0.2) is 11.5 Å². The van der Waals surface area contributed by atoms with Crippen LogP contribution in [0.15, 0.2) is 12.1 Å². The number of anilines is 1. The molecule has 1 N–H and O–H groups in total. The molecule has 0 saturated carbocycles. The van der Waals surface area contributed by atoms with Gasteiger partial charge in [-0.25, -0.2) is 0 Å². The van der Waals surface area contributed by atoms with Crippen molar-refractivity contribution in [2.45, 2.75) is 33.7 Å². The van der Waals surface area contributed by atoms with Crippen LogP contribution in [0.25, 0.3) is 0 Å². The normalized spacial score (nSPS) is 13.3. The summed E-state index contributed by atoms with van der Waals surface area (Å²) in [5.74, 6) is 1.10. The number of carbonyl (C=O) groups is 1. The first kappa shape index (κ1) is 21.9. The Hall–Kier alpha value is -2.76. The van der Waals surface area contributed by atoms with Crippen LogP contribution in [0.3, 0.4) is 0 Å². The number of rotatable bonds is 8. The van der Waals surface area contributed by atoms with Crippen LogP contribution < -0.4 is 19.5 Å². The second-order valence-electron chi connectivity index (χ2n) is 6.86. The van der Waals surface area contributed by atoms with Gasteiger partial charge in [0.1, 0.15) is 11.1 Å². The zero-order valence-corrected chi connectivity index (χ0v) is 18.6. The lowest BCUT2D eigenvalue weighted by Crippen LogP contribution is -2.25. The summed E-state index contributed by atoms with van der Waals surface area (Å²) in [6, 6.07) is 5.58. The fraction of sp³-hybridized carbons (Fsp3) is 0.455. The van der Waals surface area contributed by atoms with Crippen LogP contribution in [0.5, 0.6) is 17.2 Å². The van der Waals surface area contributed by atoms with Crippen molar-refractivity contribution in [3.8, 4) is 23.3 Å². The van der Waals surface area contributed by atoms with Crippen LogP contribution in [-0.4, -0.2) is 44.2 Å². The highest BCUT2D eigenvalue weighted by atomic mass is 32.1. The maximum Gasteiger partial charge on any atom is 0.256 e. The molecule has 1 aromatic heterocycles. The van der Waals surface area contributed by atoms with E-state index in [1.165, 1.54) is 11.3 Å². The number of hydrogen-bond donors (Lipinski definition) is 1. The van der Waals surface area contributed by atoms with Gasteiger partial charge in [-0.3, -0.25) is 4.79 Å². The quantitative estimate of drug-likeness (QED) is 0.681. The SMILES string of the molecule is CCOc1cc(C(=O)Nc2sc3c(c2C#N)CCN(C)C3)cc(OCC)c1OCC. The van der Waals surface area contributed by atoms with Crippen molar-refractivity contribution in [1.29, 1.82) is 5.26 Å². The molecule has 0 bridgehead atoms. The van der Waals surface area contributed by atoms with Gasteiger partial charge in [-0.2, -0.15) is 5.26 Å². The number of nitrogens with one attached hydrogen (secondary N) is 1. The zero-order valence-electron chi connectivity index (χ0n) is 17.8. The monoisotopic (exact) mass is 429 g/mol. The molecule has 0 atom stereocenters. The smallest absolute Gasteiger partial charge is 0.256 e. The first-order chi connectivity index (χ1) is 14.5. The molecular formula is C22H27N3O4S. The van der Waals surface area contributed by atoms with E-state index in [0.717, 1.165) is 30.0 Å². The average molecular weight is 430 g/mol. The molecule has 0 radical (unpaired) electrons. The largest absolute Gasteiger partial charge is 0.490 e. The number of carbonyl (C=O) groups excluding carboxylic acids is 1. The van der Waals surface area contributed by atoms with Crippen molar-refractivity contribution >= 4 is 22.2 Å². The molecule has 2 aromatic rings. The third-order valence-corrected chi connectivity index (χ3v) is 5.89. The van der Waals surface area contributed by atoms with E-state index >= 15 is 0 Å². The van der Waals surface area contributed by atoms with Crippen LogP contribution in [-0.2, 0) is 13.0 Å². The molecule has 1 aliphatic heterocycles. The van der Waals surface area contributed by atoms with Gasteiger partial charge in [0, 0.05) is 23.5 Å². The summed E-state index contributed by atoms with van der Waals surface area (Å²) in [6.45, 7) is 8.62. The van der Waals surface area contributed by atoms with Crippen LogP contribution in [0.1, 0.15) is 47.1 Å². The molecule has 8 heteroatoms. The van der Waals surface area contributed by atoms with E-state index in [2.05, 4.69) is 23.3 Å². The van der Waals surface area contributed by atoms with E-state index in [0.29, 0.717) is 53.2 Å². The number of nitriles is 1. The van der Waals surface area contributed by atoms with Crippen LogP contribution in [0.4, 0.5) is 5.00 Å². The summed E-state index contributed by atoms with van der Waals surface area (Å²) in [5.41, 5.74) is 2.00. The molecule has 30 heavy (non-hydrogen) atoms. The number of nitrogens with zero attached hydrogens (tertiary/aromatic N) is 2. The van der Waals surface area contributed by atoms with E-state index in [4.69, 9.17) is 14.2 Å². The van der Waals surface area contributed by atoms with Crippen molar-refractivity contribution in [2.75, 3.05) is 38.7 Å². The predicted octanol–water partition coefficient (Wildman–Crippen LogP) is 4.06. The molecule has 1 amide bonds. The molecule has 0 unspecified atom stereocenters. The molecule has 0 aliphatic carbocycles. The van der Waals surface area contributed by atoms with Gasteiger partial charge in [-0.05, 0) is 51.9 Å². The Morgan fingerprint density at radius 3 is 2.37 bits per heavy atom. The van der Waals surface area contributed by atoms with E-state index in [1.807, 2.05) is 20.8 Å². The number of amides is 1. The summed E-state index contributed by atoms with van der Waals surface area (Å²) < 4.78 is 17.1. The predicted molar refractivity (Wildman–Crippen MR) is 117 cm³/mol. The highest BCUT2D eigenvalue weighted by Gasteiger charge is 2.25. The number of thiophene rings is 1. The Labute approximate surface area is 181 Å². The minimum atomic E-state index is -0.316. The van der Waals surface area contributed by atoms with Crippen LogP contribution in [0, 0.1) is 11.3 Å². The highest BCUT2D eigenvalue weighted by Crippen LogP contribution is 2.40. The van der Waals surface area contributed by atoms with Crippen LogP contribution in [0.2, 0.25) is 0 Å². The van der Waals surface area contributed by atoms with E-state index in [-0.39, 0.29) is 5.91 Å². The van der Waals surface area contributed by atoms with Crippen molar-refractivity contribution in [1.82, 2.24) is 4.90 Å². The fourth-order valence-electron chi connectivity index (χ4n) is 3.43. The first-order valence-corrected chi connectivity index (χ1v) is 10.9. The average Bonchev–Trinajstić information content (AvgIpc) is 3.06. The first-order valence-electron chi connectivity index (χ1n) is 10.1. The zero-order chi connectivity index (χ0) is 21.7. The lowest BCUT2D eigenvalue weighted by Gasteiger charge is -2.21. The third kappa shape index (κ3) is 4.53. The molecule has 160 valence electrons. The van der Waals surface area contributed by atoms with Crippen molar-refractivity contribution in [3.63, 3.8) is 0 Å². The second kappa shape index (κ2) is 9.83. The molecule has 7 nitrogen and oxygen atoms in total. The molecule has 1 aliphatic rings. The van der Waals surface area contributed by atoms with E-state index < -0.39 is 0 Å². The highest BCUT2D eigenvalue weighted by molar-refractivity contribution is 7.16. The number of benzene rings is 1. The number of ether oxygens (including phenoxy) is 3. The summed E-state index contributed by atoms with van der Waals surface area (Å²) in [7, 11) is 2.05. The van der Waals surface area contributed by atoms with Gasteiger partial charge >= 0.3 is 0 Å². The van der Waals surface area contributed by atoms with Gasteiger partial charge in [0.2, 0.25) is 5.75 Å². The van der Waals surface area contributed by atoms with Crippen LogP contribution >= 0.6 is 11.3 Å². The fourth-order valence-corrected chi connectivity index (χ4v) is 4.71. The van der Waals surface area contributed by atoms with Crippen molar-refractivity contribution in [2.24, 2.45) is 0 Å². The minimum absolute atomic E-state index is 0.316. The second-order valence-corrected chi connectivity index (χ2v) is 7.97. The number of likely N-dealkylation sites (N-methyl/N-ethyl adjacent to an activating group) is 1. The summed E-state index contributed by atoms with van der Waals surface area (Å²) >= 11 is 1.47. The van der Waals surface area contributed by atoms with Gasteiger partial charge in [-0.15, -0.1) is 11.3 Å². The summed E-state index contributed by atoms with van der Waals surface area (Å²) in [4.78, 5) is 16.4. The third-order valence-electron chi connectivity index (χ3n) is 4.76.